The number of rotatable bonds is 3. The third kappa shape index (κ3) is 2.99. The number of aryl methyl sites for hydroxylation is 2. The molecule has 2 aromatic rings. The molecular formula is C15H19N5O2. The molecule has 0 unspecified atom stereocenters. The summed E-state index contributed by atoms with van der Waals surface area (Å²) in [6.07, 6.45) is 6.48. The first-order valence-corrected chi connectivity index (χ1v) is 7.34. The van der Waals surface area contributed by atoms with Gasteiger partial charge in [0.1, 0.15) is 11.9 Å². The maximum absolute atomic E-state index is 12.6. The van der Waals surface area contributed by atoms with Crippen molar-refractivity contribution < 1.29 is 9.53 Å². The second-order valence-electron chi connectivity index (χ2n) is 5.45. The molecule has 1 aliphatic rings. The number of anilines is 1. The number of hydrogen-bond acceptors (Lipinski definition) is 5. The molecule has 22 heavy (non-hydrogen) atoms. The molecule has 1 saturated heterocycles. The lowest BCUT2D eigenvalue weighted by Crippen LogP contribution is -2.34. The first-order valence-electron chi connectivity index (χ1n) is 7.34. The molecule has 0 bridgehead atoms. The van der Waals surface area contributed by atoms with Gasteiger partial charge in [-0.05, 0) is 25.8 Å². The van der Waals surface area contributed by atoms with Crippen molar-refractivity contribution in [3.8, 4) is 0 Å². The molecule has 0 aromatic carbocycles. The Hall–Kier alpha value is -2.28. The molecule has 116 valence electrons. The zero-order chi connectivity index (χ0) is 15.5. The summed E-state index contributed by atoms with van der Waals surface area (Å²) in [5.41, 5.74) is 0.811. The van der Waals surface area contributed by atoms with Crippen LogP contribution < -0.4 is 5.32 Å². The smallest absolute Gasteiger partial charge is 0.232 e. The average Bonchev–Trinajstić information content (AvgIpc) is 2.93. The number of aromatic nitrogens is 4. The number of ether oxygens (including phenoxy) is 1. The van der Waals surface area contributed by atoms with E-state index in [2.05, 4.69) is 20.3 Å². The number of imidazole rings is 1. The largest absolute Gasteiger partial charge is 0.369 e. The zero-order valence-electron chi connectivity index (χ0n) is 12.7. The van der Waals surface area contributed by atoms with Crippen molar-refractivity contribution in [2.24, 2.45) is 13.0 Å². The fraction of sp³-hybridized carbons (Fsp3) is 0.467. The summed E-state index contributed by atoms with van der Waals surface area (Å²) in [7, 11) is 1.90. The summed E-state index contributed by atoms with van der Waals surface area (Å²) in [6, 6.07) is 1.79. The predicted molar refractivity (Wildman–Crippen MR) is 80.0 cm³/mol. The van der Waals surface area contributed by atoms with Crippen molar-refractivity contribution in [3.63, 3.8) is 0 Å². The minimum Gasteiger partial charge on any atom is -0.369 e. The molecule has 7 heteroatoms. The van der Waals surface area contributed by atoms with Crippen LogP contribution in [0.4, 0.5) is 5.95 Å². The van der Waals surface area contributed by atoms with Gasteiger partial charge in [-0.1, -0.05) is 0 Å². The van der Waals surface area contributed by atoms with Gasteiger partial charge in [-0.15, -0.1) is 0 Å². The average molecular weight is 301 g/mol. The van der Waals surface area contributed by atoms with Crippen LogP contribution in [0.1, 0.15) is 30.5 Å². The summed E-state index contributed by atoms with van der Waals surface area (Å²) < 4.78 is 7.70. The lowest BCUT2D eigenvalue weighted by Gasteiger charge is -2.30. The third-order valence-electron chi connectivity index (χ3n) is 3.80. The molecule has 1 fully saturated rings. The maximum atomic E-state index is 12.6. The number of carbonyl (C=O) groups is 1. The SMILES string of the molecule is Cc1ccnc(NC(=O)[C@@H]2CCCO[C@H]2c2nccn2C)n1. The van der Waals surface area contributed by atoms with Gasteiger partial charge in [0.25, 0.3) is 0 Å². The fourth-order valence-corrected chi connectivity index (χ4v) is 2.67. The third-order valence-corrected chi connectivity index (χ3v) is 3.80. The van der Waals surface area contributed by atoms with Gasteiger partial charge >= 0.3 is 0 Å². The summed E-state index contributed by atoms with van der Waals surface area (Å²) in [5.74, 6) is 0.677. The number of nitrogens with one attached hydrogen (secondary N) is 1. The van der Waals surface area contributed by atoms with Crippen LogP contribution in [0, 0.1) is 12.8 Å². The fourth-order valence-electron chi connectivity index (χ4n) is 2.67. The predicted octanol–water partition coefficient (Wildman–Crippen LogP) is 1.62. The van der Waals surface area contributed by atoms with Crippen LogP contribution in [-0.2, 0) is 16.6 Å². The van der Waals surface area contributed by atoms with Crippen molar-refractivity contribution in [3.05, 3.63) is 36.2 Å². The molecule has 3 rings (SSSR count). The van der Waals surface area contributed by atoms with Crippen molar-refractivity contribution in [2.45, 2.75) is 25.9 Å². The van der Waals surface area contributed by atoms with Gasteiger partial charge in [0.05, 0.1) is 5.92 Å². The lowest BCUT2D eigenvalue weighted by atomic mass is 9.92. The maximum Gasteiger partial charge on any atom is 0.232 e. The molecular weight excluding hydrogens is 282 g/mol. The summed E-state index contributed by atoms with van der Waals surface area (Å²) in [4.78, 5) is 25.2. The van der Waals surface area contributed by atoms with E-state index in [9.17, 15) is 4.79 Å². The number of nitrogens with zero attached hydrogens (tertiary/aromatic N) is 4. The quantitative estimate of drug-likeness (QED) is 0.931. The topological polar surface area (TPSA) is 81.9 Å². The van der Waals surface area contributed by atoms with Crippen LogP contribution >= 0.6 is 0 Å². The standard InChI is InChI=1S/C15H19N5O2/c1-10-5-6-17-15(18-10)19-14(21)11-4-3-9-22-12(11)13-16-7-8-20(13)2/h5-8,11-12H,3-4,9H2,1-2H3,(H,17,18,19,21)/t11-,12-/m1/s1. The van der Waals surface area contributed by atoms with Crippen LogP contribution in [0.3, 0.4) is 0 Å². The number of amides is 1. The molecule has 2 aromatic heterocycles. The first kappa shape index (κ1) is 14.6. The van der Waals surface area contributed by atoms with Crippen LogP contribution in [0.2, 0.25) is 0 Å². The molecule has 1 aliphatic heterocycles. The van der Waals surface area contributed by atoms with E-state index >= 15 is 0 Å². The second-order valence-corrected chi connectivity index (χ2v) is 5.45. The van der Waals surface area contributed by atoms with Crippen molar-refractivity contribution in [1.29, 1.82) is 0 Å². The molecule has 3 heterocycles. The van der Waals surface area contributed by atoms with Gasteiger partial charge in [0.2, 0.25) is 11.9 Å². The summed E-state index contributed by atoms with van der Waals surface area (Å²) >= 11 is 0. The highest BCUT2D eigenvalue weighted by atomic mass is 16.5. The Labute approximate surface area is 128 Å². The Balaban J connectivity index is 1.78. The van der Waals surface area contributed by atoms with E-state index in [1.807, 2.05) is 24.7 Å². The Bertz CT molecular complexity index is 669. The van der Waals surface area contributed by atoms with Gasteiger partial charge in [0, 0.05) is 37.9 Å². The lowest BCUT2D eigenvalue weighted by molar-refractivity contribution is -0.130. The minimum atomic E-state index is -0.335. The molecule has 0 radical (unpaired) electrons. The van der Waals surface area contributed by atoms with E-state index in [4.69, 9.17) is 4.74 Å². The molecule has 2 atom stereocenters. The highest BCUT2D eigenvalue weighted by molar-refractivity contribution is 5.91. The van der Waals surface area contributed by atoms with Crippen molar-refractivity contribution in [2.75, 3.05) is 11.9 Å². The molecule has 7 nitrogen and oxygen atoms in total. The van der Waals surface area contributed by atoms with E-state index in [-0.39, 0.29) is 17.9 Å². The normalized spacial score (nSPS) is 21.5. The summed E-state index contributed by atoms with van der Waals surface area (Å²) in [5, 5.41) is 2.79. The summed E-state index contributed by atoms with van der Waals surface area (Å²) in [6.45, 7) is 2.50. The van der Waals surface area contributed by atoms with Crippen LogP contribution in [-0.4, -0.2) is 32.0 Å². The number of carbonyl (C=O) groups excluding carboxylic acids is 1. The molecule has 0 saturated carbocycles. The molecule has 1 amide bonds. The van der Waals surface area contributed by atoms with E-state index in [0.717, 1.165) is 24.4 Å². The minimum absolute atomic E-state index is 0.127. The van der Waals surface area contributed by atoms with Crippen LogP contribution in [0.15, 0.2) is 24.7 Å². The van der Waals surface area contributed by atoms with E-state index in [1.165, 1.54) is 0 Å². The zero-order valence-corrected chi connectivity index (χ0v) is 12.7. The second kappa shape index (κ2) is 6.23. The Morgan fingerprint density at radius 2 is 2.27 bits per heavy atom. The number of hydrogen-bond donors (Lipinski definition) is 1. The van der Waals surface area contributed by atoms with Gasteiger partial charge in [-0.25, -0.2) is 15.0 Å². The highest BCUT2D eigenvalue weighted by Gasteiger charge is 2.35. The Morgan fingerprint density at radius 3 is 3.00 bits per heavy atom. The van der Waals surface area contributed by atoms with Gasteiger partial charge in [0.15, 0.2) is 0 Å². The van der Waals surface area contributed by atoms with Crippen LogP contribution in [0.5, 0.6) is 0 Å². The van der Waals surface area contributed by atoms with E-state index < -0.39 is 0 Å². The van der Waals surface area contributed by atoms with Gasteiger partial charge in [-0.2, -0.15) is 0 Å². The van der Waals surface area contributed by atoms with Gasteiger partial charge in [-0.3, -0.25) is 10.1 Å². The Kier molecular flexibility index (Phi) is 4.15. The van der Waals surface area contributed by atoms with Crippen LogP contribution in [0.25, 0.3) is 0 Å². The van der Waals surface area contributed by atoms with Crippen molar-refractivity contribution >= 4 is 11.9 Å². The van der Waals surface area contributed by atoms with Crippen molar-refractivity contribution in [1.82, 2.24) is 19.5 Å². The Morgan fingerprint density at radius 1 is 1.41 bits per heavy atom. The first-order chi connectivity index (χ1) is 10.6. The highest BCUT2D eigenvalue weighted by Crippen LogP contribution is 2.33. The molecule has 1 N–H and O–H groups in total. The van der Waals surface area contributed by atoms with Gasteiger partial charge < -0.3 is 9.30 Å². The molecule has 0 spiro atoms. The van der Waals surface area contributed by atoms with E-state index in [0.29, 0.717) is 12.6 Å². The van der Waals surface area contributed by atoms with E-state index in [1.54, 1.807) is 18.5 Å². The monoisotopic (exact) mass is 301 g/mol. The molecule has 0 aliphatic carbocycles.